The van der Waals surface area contributed by atoms with Crippen LogP contribution in [-0.4, -0.2) is 61.5 Å². The number of hydrogen-bond acceptors (Lipinski definition) is 5. The molecule has 1 aromatic carbocycles. The maximum Gasteiger partial charge on any atom is 0.407 e. The van der Waals surface area contributed by atoms with Crippen molar-refractivity contribution >= 4 is 35.3 Å². The van der Waals surface area contributed by atoms with Crippen molar-refractivity contribution in [2.75, 3.05) is 27.3 Å². The third-order valence-electron chi connectivity index (χ3n) is 4.60. The summed E-state index contributed by atoms with van der Waals surface area (Å²) in [5.41, 5.74) is 0.705. The number of likely N-dealkylation sites (tertiary alicyclic amines) is 1. The van der Waals surface area contributed by atoms with E-state index in [9.17, 15) is 14.7 Å². The van der Waals surface area contributed by atoms with Crippen LogP contribution in [0.4, 0.5) is 4.79 Å². The molecule has 0 unspecified atom stereocenters. The van der Waals surface area contributed by atoms with Crippen LogP contribution in [0.2, 0.25) is 10.0 Å². The molecule has 0 saturated carbocycles. The molecule has 1 amide bonds. The second-order valence-corrected chi connectivity index (χ2v) is 6.94. The van der Waals surface area contributed by atoms with E-state index in [1.165, 1.54) is 19.1 Å². The number of carboxylic acid groups (broad SMARTS) is 1. The van der Waals surface area contributed by atoms with Crippen LogP contribution in [0.15, 0.2) is 12.1 Å². The molecular formula is C17H22Cl2N2O5. The number of esters is 1. The van der Waals surface area contributed by atoms with E-state index in [1.54, 1.807) is 19.1 Å². The maximum atomic E-state index is 11.6. The number of hydrogen-bond donors (Lipinski definition) is 2. The lowest BCUT2D eigenvalue weighted by Gasteiger charge is -2.23. The van der Waals surface area contributed by atoms with Gasteiger partial charge in [0.15, 0.2) is 0 Å². The third-order valence-corrected chi connectivity index (χ3v) is 5.41. The van der Waals surface area contributed by atoms with E-state index in [1.807, 2.05) is 0 Å². The van der Waals surface area contributed by atoms with Crippen molar-refractivity contribution in [3.8, 4) is 5.75 Å². The second-order valence-electron chi connectivity index (χ2n) is 6.15. The Morgan fingerprint density at radius 3 is 2.65 bits per heavy atom. The van der Waals surface area contributed by atoms with Crippen LogP contribution in [0, 0.1) is 0 Å². The Bertz CT molecular complexity index is 685. The van der Waals surface area contributed by atoms with Gasteiger partial charge in [-0.15, -0.1) is 0 Å². The lowest BCUT2D eigenvalue weighted by atomic mass is 9.95. The zero-order valence-corrected chi connectivity index (χ0v) is 16.3. The summed E-state index contributed by atoms with van der Waals surface area (Å²) in [6.07, 6.45) is -0.494. The van der Waals surface area contributed by atoms with Crippen LogP contribution in [0.5, 0.6) is 5.75 Å². The topological polar surface area (TPSA) is 88.1 Å². The molecule has 1 aliphatic heterocycles. The van der Waals surface area contributed by atoms with Gasteiger partial charge in [0.25, 0.3) is 0 Å². The number of carbonyl (C=O) groups is 2. The Morgan fingerprint density at radius 2 is 2.08 bits per heavy atom. The molecule has 1 aliphatic rings. The summed E-state index contributed by atoms with van der Waals surface area (Å²) in [4.78, 5) is 24.5. The molecule has 0 aromatic heterocycles. The van der Waals surface area contributed by atoms with Gasteiger partial charge in [0.2, 0.25) is 0 Å². The Labute approximate surface area is 162 Å². The molecule has 0 spiro atoms. The molecule has 0 radical (unpaired) electrons. The van der Waals surface area contributed by atoms with Crippen molar-refractivity contribution in [2.45, 2.75) is 31.3 Å². The fourth-order valence-corrected chi connectivity index (χ4v) is 3.71. The summed E-state index contributed by atoms with van der Waals surface area (Å²) in [6, 6.07) is 2.52. The van der Waals surface area contributed by atoms with Crippen LogP contribution in [0.1, 0.15) is 24.8 Å². The third kappa shape index (κ3) is 4.34. The van der Waals surface area contributed by atoms with E-state index in [0.29, 0.717) is 34.3 Å². The number of nitrogens with one attached hydrogen (secondary N) is 1. The zero-order chi connectivity index (χ0) is 19.4. The van der Waals surface area contributed by atoms with Crippen LogP contribution in [0.3, 0.4) is 0 Å². The van der Waals surface area contributed by atoms with Gasteiger partial charge in [-0.3, -0.25) is 4.79 Å². The van der Waals surface area contributed by atoms with Crippen molar-refractivity contribution in [1.29, 1.82) is 0 Å². The van der Waals surface area contributed by atoms with E-state index < -0.39 is 18.1 Å². The average molecular weight is 405 g/mol. The monoisotopic (exact) mass is 404 g/mol. The molecular weight excluding hydrogens is 383 g/mol. The summed E-state index contributed by atoms with van der Waals surface area (Å²) >= 11 is 12.5. The highest BCUT2D eigenvalue weighted by Gasteiger charge is 2.38. The molecule has 0 aliphatic carbocycles. The Hall–Kier alpha value is -1.70. The maximum absolute atomic E-state index is 11.6. The predicted octanol–water partition coefficient (Wildman–Crippen LogP) is 2.99. The summed E-state index contributed by atoms with van der Waals surface area (Å²) in [6.45, 7) is 2.25. The highest BCUT2D eigenvalue weighted by atomic mass is 35.5. The van der Waals surface area contributed by atoms with Crippen molar-refractivity contribution in [2.24, 2.45) is 0 Å². The lowest BCUT2D eigenvalue weighted by Crippen LogP contribution is -2.45. The molecule has 7 nitrogen and oxygen atoms in total. The van der Waals surface area contributed by atoms with Gasteiger partial charge in [-0.25, -0.2) is 4.79 Å². The number of rotatable bonds is 6. The summed E-state index contributed by atoms with van der Waals surface area (Å²) < 4.78 is 10.1. The first-order chi connectivity index (χ1) is 12.3. The van der Waals surface area contributed by atoms with Crippen LogP contribution >= 0.6 is 23.2 Å². The van der Waals surface area contributed by atoms with Crippen molar-refractivity contribution in [1.82, 2.24) is 10.2 Å². The summed E-state index contributed by atoms with van der Waals surface area (Å²) in [7, 11) is 2.84. The van der Waals surface area contributed by atoms with Gasteiger partial charge >= 0.3 is 12.1 Å². The van der Waals surface area contributed by atoms with Gasteiger partial charge in [-0.1, -0.05) is 23.2 Å². The van der Waals surface area contributed by atoms with Gasteiger partial charge in [0, 0.05) is 30.6 Å². The minimum atomic E-state index is -1.03. The van der Waals surface area contributed by atoms with E-state index in [2.05, 4.69) is 10.1 Å². The normalized spacial score (nSPS) is 20.7. The van der Waals surface area contributed by atoms with Gasteiger partial charge < -0.3 is 24.8 Å². The van der Waals surface area contributed by atoms with E-state index in [-0.39, 0.29) is 18.5 Å². The van der Waals surface area contributed by atoms with Gasteiger partial charge in [0.1, 0.15) is 11.8 Å². The molecule has 1 heterocycles. The van der Waals surface area contributed by atoms with E-state index >= 15 is 0 Å². The molecule has 26 heavy (non-hydrogen) atoms. The smallest absolute Gasteiger partial charge is 0.407 e. The van der Waals surface area contributed by atoms with Crippen LogP contribution < -0.4 is 10.1 Å². The molecule has 9 heteroatoms. The minimum absolute atomic E-state index is 0.160. The molecule has 144 valence electrons. The molecule has 1 aromatic rings. The van der Waals surface area contributed by atoms with Gasteiger partial charge in [-0.2, -0.15) is 0 Å². The fraction of sp³-hybridized carbons (Fsp3) is 0.529. The van der Waals surface area contributed by atoms with Gasteiger partial charge in [0.05, 0.1) is 24.3 Å². The highest BCUT2D eigenvalue weighted by molar-refractivity contribution is 6.42. The van der Waals surface area contributed by atoms with Crippen molar-refractivity contribution < 1.29 is 24.2 Å². The number of benzene rings is 1. The van der Waals surface area contributed by atoms with E-state index in [4.69, 9.17) is 27.9 Å². The van der Waals surface area contributed by atoms with E-state index in [0.717, 1.165) is 0 Å². The minimum Gasteiger partial charge on any atom is -0.496 e. The Morgan fingerprint density at radius 1 is 1.38 bits per heavy atom. The summed E-state index contributed by atoms with van der Waals surface area (Å²) in [5.74, 6) is 0.0136. The van der Waals surface area contributed by atoms with Crippen molar-refractivity contribution in [3.63, 3.8) is 0 Å². The first-order valence-electron chi connectivity index (χ1n) is 8.12. The SMILES string of the molecule is COC(=O)[C@H](C)NC[C@@H]1C[C@H](c2c(OC)ccc(Cl)c2Cl)CN1C(=O)O. The highest BCUT2D eigenvalue weighted by Crippen LogP contribution is 2.43. The number of nitrogens with zero attached hydrogens (tertiary/aromatic N) is 1. The second kappa shape index (κ2) is 8.79. The zero-order valence-electron chi connectivity index (χ0n) is 14.8. The molecule has 0 bridgehead atoms. The number of ether oxygens (including phenoxy) is 2. The fourth-order valence-electron chi connectivity index (χ4n) is 3.23. The number of halogens is 2. The molecule has 2 N–H and O–H groups in total. The lowest BCUT2D eigenvalue weighted by molar-refractivity contribution is -0.142. The molecule has 2 rings (SSSR count). The molecule has 1 saturated heterocycles. The predicted molar refractivity (Wildman–Crippen MR) is 98.4 cm³/mol. The summed E-state index contributed by atoms with van der Waals surface area (Å²) in [5, 5.41) is 13.3. The molecule has 1 fully saturated rings. The number of methoxy groups -OCH3 is 2. The Balaban J connectivity index is 2.20. The first kappa shape index (κ1) is 20.6. The standard InChI is InChI=1S/C17H22Cl2N2O5/c1-9(16(22)26-3)20-7-11-6-10(8-21(11)17(23)24)14-13(25-2)5-4-12(18)15(14)19/h4-5,9-11,20H,6-8H2,1-3H3,(H,23,24)/t9-,10-,11-/m0/s1. The van der Waals surface area contributed by atoms with Crippen LogP contribution in [0.25, 0.3) is 0 Å². The largest absolute Gasteiger partial charge is 0.496 e. The van der Waals surface area contributed by atoms with Crippen LogP contribution in [-0.2, 0) is 9.53 Å². The number of carbonyl (C=O) groups excluding carboxylic acids is 1. The average Bonchev–Trinajstić information content (AvgIpc) is 3.05. The number of amides is 1. The van der Waals surface area contributed by atoms with Crippen molar-refractivity contribution in [3.05, 3.63) is 27.7 Å². The quantitative estimate of drug-likeness (QED) is 0.708. The molecule has 3 atom stereocenters. The van der Waals surface area contributed by atoms with Gasteiger partial charge in [-0.05, 0) is 25.5 Å². The first-order valence-corrected chi connectivity index (χ1v) is 8.88. The Kier molecular flexibility index (Phi) is 6.97.